The number of nitrogens with one attached hydrogen (secondary N) is 2. The van der Waals surface area contributed by atoms with Gasteiger partial charge >= 0.3 is 0 Å². The number of benzene rings is 1. The molecule has 3 N–H and O–H groups in total. The second-order valence-electron chi connectivity index (χ2n) is 7.99. The average molecular weight is 429 g/mol. The molecule has 0 spiro atoms. The Hall–Kier alpha value is -2.38. The third-order valence-corrected chi connectivity index (χ3v) is 7.81. The van der Waals surface area contributed by atoms with Crippen LogP contribution in [0.2, 0.25) is 0 Å². The van der Waals surface area contributed by atoms with Gasteiger partial charge in [0.2, 0.25) is 0 Å². The number of aliphatic hydroxyl groups is 1. The standard InChI is InChI=1S/C23H28N2O4S/c1-2-30(28,29)15-10-11-21-18(13-15)19(23(27)25-21)14-22-17(8-6-12-26)16-7-4-3-5-9-20(16)24-22/h10-11,13-14,24,26H,2-9,12H2,1H3,(H,25,27). The summed E-state index contributed by atoms with van der Waals surface area (Å²) < 4.78 is 24.7. The van der Waals surface area contributed by atoms with E-state index in [1.165, 1.54) is 23.2 Å². The van der Waals surface area contributed by atoms with Gasteiger partial charge in [-0.15, -0.1) is 0 Å². The van der Waals surface area contributed by atoms with Gasteiger partial charge in [0, 0.05) is 29.2 Å². The lowest BCUT2D eigenvalue weighted by Crippen LogP contribution is -2.04. The van der Waals surface area contributed by atoms with Gasteiger partial charge in [0.25, 0.3) is 5.91 Å². The zero-order valence-corrected chi connectivity index (χ0v) is 18.1. The summed E-state index contributed by atoms with van der Waals surface area (Å²) in [6.07, 6.45) is 8.78. The van der Waals surface area contributed by atoms with Crippen molar-refractivity contribution in [1.29, 1.82) is 0 Å². The fourth-order valence-corrected chi connectivity index (χ4v) is 5.34. The lowest BCUT2D eigenvalue weighted by atomic mass is 9.98. The number of amides is 1. The fraction of sp³-hybridized carbons (Fsp3) is 0.435. The lowest BCUT2D eigenvalue weighted by Gasteiger charge is -2.06. The van der Waals surface area contributed by atoms with Crippen LogP contribution in [0.4, 0.5) is 5.69 Å². The van der Waals surface area contributed by atoms with E-state index in [1.54, 1.807) is 25.1 Å². The number of hydrogen-bond donors (Lipinski definition) is 3. The molecule has 2 heterocycles. The minimum absolute atomic E-state index is 0.0147. The molecule has 30 heavy (non-hydrogen) atoms. The summed E-state index contributed by atoms with van der Waals surface area (Å²) in [6, 6.07) is 4.80. The quantitative estimate of drug-likeness (QED) is 0.484. The fourth-order valence-electron chi connectivity index (χ4n) is 4.43. The summed E-state index contributed by atoms with van der Waals surface area (Å²) in [4.78, 5) is 16.5. The van der Waals surface area contributed by atoms with Gasteiger partial charge in [-0.25, -0.2) is 8.42 Å². The molecule has 7 heteroatoms. The largest absolute Gasteiger partial charge is 0.396 e. The summed E-state index contributed by atoms with van der Waals surface area (Å²) in [5.41, 5.74) is 6.35. The van der Waals surface area contributed by atoms with Crippen molar-refractivity contribution >= 4 is 33.1 Å². The third kappa shape index (κ3) is 3.84. The van der Waals surface area contributed by atoms with Gasteiger partial charge in [0.1, 0.15) is 0 Å². The van der Waals surface area contributed by atoms with E-state index in [1.807, 2.05) is 6.08 Å². The molecule has 160 valence electrons. The van der Waals surface area contributed by atoms with E-state index in [9.17, 15) is 18.3 Å². The number of carbonyl (C=O) groups excluding carboxylic acids is 1. The molecule has 6 nitrogen and oxygen atoms in total. The number of carbonyl (C=O) groups is 1. The smallest absolute Gasteiger partial charge is 0.256 e. The number of anilines is 1. The number of hydrogen-bond acceptors (Lipinski definition) is 4. The van der Waals surface area contributed by atoms with Crippen molar-refractivity contribution < 1.29 is 18.3 Å². The van der Waals surface area contributed by atoms with E-state index in [4.69, 9.17) is 0 Å². The second-order valence-corrected chi connectivity index (χ2v) is 10.3. The molecule has 1 amide bonds. The van der Waals surface area contributed by atoms with Crippen molar-refractivity contribution in [2.24, 2.45) is 0 Å². The monoisotopic (exact) mass is 428 g/mol. The molecule has 1 aliphatic carbocycles. The van der Waals surface area contributed by atoms with E-state index in [0.29, 0.717) is 23.2 Å². The van der Waals surface area contributed by atoms with Gasteiger partial charge in [0.05, 0.1) is 16.2 Å². The molecule has 0 atom stereocenters. The number of aliphatic hydroxyl groups excluding tert-OH is 1. The molecular weight excluding hydrogens is 400 g/mol. The molecule has 4 rings (SSSR count). The van der Waals surface area contributed by atoms with Crippen LogP contribution in [0.5, 0.6) is 0 Å². The number of aryl methyl sites for hydroxylation is 1. The van der Waals surface area contributed by atoms with E-state index in [-0.39, 0.29) is 23.2 Å². The molecule has 0 saturated carbocycles. The van der Waals surface area contributed by atoms with Crippen LogP contribution in [0, 0.1) is 0 Å². The molecule has 1 aliphatic heterocycles. The Morgan fingerprint density at radius 3 is 2.73 bits per heavy atom. The number of fused-ring (bicyclic) bond motifs is 2. The van der Waals surface area contributed by atoms with Gasteiger partial charge in [-0.1, -0.05) is 13.3 Å². The first-order valence-electron chi connectivity index (χ1n) is 10.7. The minimum Gasteiger partial charge on any atom is -0.396 e. The van der Waals surface area contributed by atoms with Crippen molar-refractivity contribution in [3.63, 3.8) is 0 Å². The highest BCUT2D eigenvalue weighted by atomic mass is 32.2. The summed E-state index contributed by atoms with van der Waals surface area (Å²) in [6.45, 7) is 1.74. The minimum atomic E-state index is -3.36. The molecule has 0 unspecified atom stereocenters. The molecule has 0 saturated heterocycles. The molecular formula is C23H28N2O4S. The predicted molar refractivity (Wildman–Crippen MR) is 118 cm³/mol. The zero-order chi connectivity index (χ0) is 21.3. The molecule has 2 aliphatic rings. The van der Waals surface area contributed by atoms with Crippen LogP contribution < -0.4 is 5.32 Å². The highest BCUT2D eigenvalue weighted by molar-refractivity contribution is 7.91. The van der Waals surface area contributed by atoms with Crippen molar-refractivity contribution in [3.05, 3.63) is 46.3 Å². The second kappa shape index (κ2) is 8.40. The Bertz CT molecular complexity index is 1110. The van der Waals surface area contributed by atoms with Crippen LogP contribution >= 0.6 is 0 Å². The molecule has 2 aromatic rings. The third-order valence-electron chi connectivity index (χ3n) is 6.08. The van der Waals surface area contributed by atoms with Crippen LogP contribution in [0.3, 0.4) is 0 Å². The Morgan fingerprint density at radius 2 is 1.97 bits per heavy atom. The first-order valence-corrected chi connectivity index (χ1v) is 12.3. The van der Waals surface area contributed by atoms with Gasteiger partial charge in [-0.3, -0.25) is 4.79 Å². The van der Waals surface area contributed by atoms with E-state index in [0.717, 1.165) is 37.8 Å². The van der Waals surface area contributed by atoms with E-state index >= 15 is 0 Å². The van der Waals surface area contributed by atoms with Crippen molar-refractivity contribution in [1.82, 2.24) is 4.98 Å². The molecule has 0 radical (unpaired) electrons. The molecule has 1 aromatic heterocycles. The summed E-state index contributed by atoms with van der Waals surface area (Å²) >= 11 is 0. The van der Waals surface area contributed by atoms with Crippen molar-refractivity contribution in [2.75, 3.05) is 17.7 Å². The maximum atomic E-state index is 12.7. The van der Waals surface area contributed by atoms with Gasteiger partial charge in [0.15, 0.2) is 9.84 Å². The Kier molecular flexibility index (Phi) is 5.84. The maximum absolute atomic E-state index is 12.7. The first-order chi connectivity index (χ1) is 14.4. The van der Waals surface area contributed by atoms with Crippen LogP contribution in [0.25, 0.3) is 11.6 Å². The summed E-state index contributed by atoms with van der Waals surface area (Å²) in [5.74, 6) is -0.213. The van der Waals surface area contributed by atoms with Crippen LogP contribution in [-0.2, 0) is 33.9 Å². The van der Waals surface area contributed by atoms with E-state index in [2.05, 4.69) is 10.3 Å². The first kappa shape index (κ1) is 20.9. The zero-order valence-electron chi connectivity index (χ0n) is 17.3. The number of aromatic nitrogens is 1. The maximum Gasteiger partial charge on any atom is 0.256 e. The average Bonchev–Trinajstić information content (AvgIpc) is 3.11. The number of aromatic amines is 1. The number of rotatable bonds is 6. The summed E-state index contributed by atoms with van der Waals surface area (Å²) in [7, 11) is -3.36. The SMILES string of the molecule is CCS(=O)(=O)c1ccc2c(c1)C(=Cc1[nH]c3c(c1CCCO)CCCCC3)C(=O)N2. The van der Waals surface area contributed by atoms with Crippen LogP contribution in [0.1, 0.15) is 60.7 Å². The Balaban J connectivity index is 1.81. The van der Waals surface area contributed by atoms with Gasteiger partial charge < -0.3 is 15.4 Å². The van der Waals surface area contributed by atoms with Crippen molar-refractivity contribution in [3.8, 4) is 0 Å². The Morgan fingerprint density at radius 1 is 1.17 bits per heavy atom. The van der Waals surface area contributed by atoms with E-state index < -0.39 is 9.84 Å². The topological polar surface area (TPSA) is 99.3 Å². The number of H-pyrrole nitrogens is 1. The molecule has 0 fully saturated rings. The number of sulfone groups is 1. The van der Waals surface area contributed by atoms with Crippen LogP contribution in [-0.4, -0.2) is 36.8 Å². The van der Waals surface area contributed by atoms with Gasteiger partial charge in [-0.05, 0) is 73.9 Å². The highest BCUT2D eigenvalue weighted by Crippen LogP contribution is 2.36. The summed E-state index contributed by atoms with van der Waals surface area (Å²) in [5, 5.41) is 12.2. The van der Waals surface area contributed by atoms with Crippen LogP contribution in [0.15, 0.2) is 23.1 Å². The van der Waals surface area contributed by atoms with Gasteiger partial charge in [-0.2, -0.15) is 0 Å². The highest BCUT2D eigenvalue weighted by Gasteiger charge is 2.27. The lowest BCUT2D eigenvalue weighted by molar-refractivity contribution is -0.110. The molecule has 1 aromatic carbocycles. The Labute approximate surface area is 177 Å². The molecule has 0 bridgehead atoms. The normalized spacial score (nSPS) is 17.5. The van der Waals surface area contributed by atoms with Crippen molar-refractivity contribution in [2.45, 2.75) is 56.8 Å². The predicted octanol–water partition coefficient (Wildman–Crippen LogP) is 3.49.